The summed E-state index contributed by atoms with van der Waals surface area (Å²) in [5, 5.41) is 5.16. The molecule has 11 heteroatoms. The summed E-state index contributed by atoms with van der Waals surface area (Å²) in [6.45, 7) is 1.37. The first-order valence-corrected chi connectivity index (χ1v) is 10.3. The number of sulfonamides is 1. The first-order chi connectivity index (χ1) is 13.3. The van der Waals surface area contributed by atoms with Gasteiger partial charge >= 0.3 is 0 Å². The van der Waals surface area contributed by atoms with Crippen molar-refractivity contribution < 1.29 is 22.7 Å². The van der Waals surface area contributed by atoms with E-state index in [1.807, 2.05) is 4.90 Å². The van der Waals surface area contributed by atoms with E-state index >= 15 is 0 Å². The first kappa shape index (κ1) is 20.4. The minimum atomic E-state index is -3.85. The van der Waals surface area contributed by atoms with Gasteiger partial charge in [0.25, 0.3) is 5.91 Å². The van der Waals surface area contributed by atoms with Gasteiger partial charge in [-0.05, 0) is 6.07 Å². The van der Waals surface area contributed by atoms with Gasteiger partial charge in [-0.2, -0.15) is 4.31 Å². The van der Waals surface area contributed by atoms with Crippen LogP contribution >= 0.6 is 11.6 Å². The monoisotopic (exact) mass is 426 g/mol. The summed E-state index contributed by atoms with van der Waals surface area (Å²) in [5.74, 6) is 2.05. The molecule has 0 unspecified atom stereocenters. The molecule has 0 saturated carbocycles. The maximum Gasteiger partial charge on any atom is 0.262 e. The molecule has 2 N–H and O–H groups in total. The molecule has 2 amide bonds. The van der Waals surface area contributed by atoms with Crippen LogP contribution in [0.3, 0.4) is 0 Å². The van der Waals surface area contributed by atoms with Crippen molar-refractivity contribution in [2.45, 2.75) is 4.90 Å². The number of anilines is 1. The molecule has 0 aliphatic carbocycles. The van der Waals surface area contributed by atoms with Gasteiger partial charge < -0.3 is 15.4 Å². The van der Waals surface area contributed by atoms with Crippen molar-refractivity contribution in [1.82, 2.24) is 14.5 Å². The van der Waals surface area contributed by atoms with Crippen molar-refractivity contribution in [3.63, 3.8) is 0 Å². The van der Waals surface area contributed by atoms with Crippen molar-refractivity contribution in [2.75, 3.05) is 51.2 Å². The molecule has 0 bridgehead atoms. The number of nitrogens with one attached hydrogen (secondary N) is 2. The van der Waals surface area contributed by atoms with E-state index in [1.165, 1.54) is 16.4 Å². The van der Waals surface area contributed by atoms with Gasteiger partial charge in [-0.3, -0.25) is 14.5 Å². The maximum atomic E-state index is 13.0. The van der Waals surface area contributed by atoms with E-state index < -0.39 is 10.0 Å². The average molecular weight is 427 g/mol. The molecule has 1 aromatic rings. The molecule has 0 spiro atoms. The van der Waals surface area contributed by atoms with Crippen LogP contribution in [0.25, 0.3) is 0 Å². The molecule has 2 aliphatic heterocycles. The fourth-order valence-electron chi connectivity index (χ4n) is 2.95. The smallest absolute Gasteiger partial charge is 0.262 e. The lowest BCUT2D eigenvalue weighted by molar-refractivity contribution is -0.122. The molecule has 3 rings (SSSR count). The number of terminal acetylenes is 1. The highest BCUT2D eigenvalue weighted by atomic mass is 35.5. The molecular weight excluding hydrogens is 408 g/mol. The Morgan fingerprint density at radius 3 is 2.71 bits per heavy atom. The van der Waals surface area contributed by atoms with Crippen LogP contribution in [0.15, 0.2) is 17.0 Å². The molecule has 1 aromatic carbocycles. The third-order valence-electron chi connectivity index (χ3n) is 4.37. The highest BCUT2D eigenvalue weighted by Crippen LogP contribution is 2.36. The van der Waals surface area contributed by atoms with E-state index in [0.29, 0.717) is 18.8 Å². The molecular formula is C17H19ClN4O5S. The molecule has 28 heavy (non-hydrogen) atoms. The number of hydrogen-bond acceptors (Lipinski definition) is 6. The minimum Gasteiger partial charge on any atom is -0.482 e. The summed E-state index contributed by atoms with van der Waals surface area (Å²) < 4.78 is 32.6. The molecule has 0 aromatic heterocycles. The van der Waals surface area contributed by atoms with E-state index in [9.17, 15) is 18.0 Å². The van der Waals surface area contributed by atoms with Crippen LogP contribution in [0.5, 0.6) is 5.75 Å². The number of carbonyl (C=O) groups is 2. The second kappa shape index (κ2) is 8.36. The van der Waals surface area contributed by atoms with Gasteiger partial charge in [0.05, 0.1) is 23.8 Å². The third kappa shape index (κ3) is 4.39. The van der Waals surface area contributed by atoms with E-state index in [2.05, 4.69) is 16.6 Å². The first-order valence-electron chi connectivity index (χ1n) is 8.50. The highest BCUT2D eigenvalue weighted by Gasteiger charge is 2.32. The van der Waals surface area contributed by atoms with E-state index in [-0.39, 0.29) is 60.3 Å². The van der Waals surface area contributed by atoms with Gasteiger partial charge in [0.1, 0.15) is 10.6 Å². The van der Waals surface area contributed by atoms with Crippen LogP contribution in [0.4, 0.5) is 5.69 Å². The fraction of sp³-hybridized carbons (Fsp3) is 0.412. The zero-order valence-corrected chi connectivity index (χ0v) is 16.5. The fourth-order valence-corrected chi connectivity index (χ4v) is 4.89. The molecule has 2 heterocycles. The summed E-state index contributed by atoms with van der Waals surface area (Å²) in [5.41, 5.74) is 0.336. The summed E-state index contributed by atoms with van der Waals surface area (Å²) in [7, 11) is -3.85. The standard InChI is InChI=1S/C17H19ClN4O5S/c1-2-3-19-16(23)10-21-4-6-22(7-5-21)28(25,26)15-9-14-13(8-12(15)18)20-17(24)11-27-14/h1,8-9H,3-7,10-11H2,(H,19,23)(H,20,24). The Labute approximate surface area is 168 Å². The number of benzene rings is 1. The summed E-state index contributed by atoms with van der Waals surface area (Å²) in [6.07, 6.45) is 5.10. The van der Waals surface area contributed by atoms with E-state index in [1.54, 1.807) is 0 Å². The predicted octanol–water partition coefficient (Wildman–Crippen LogP) is -0.273. The molecule has 0 atom stereocenters. The second-order valence-electron chi connectivity index (χ2n) is 6.28. The Morgan fingerprint density at radius 2 is 2.04 bits per heavy atom. The topological polar surface area (TPSA) is 108 Å². The van der Waals surface area contributed by atoms with Gasteiger partial charge in [-0.25, -0.2) is 8.42 Å². The zero-order chi connectivity index (χ0) is 20.3. The SMILES string of the molecule is C#CCNC(=O)CN1CCN(S(=O)(=O)c2cc3c(cc2Cl)NC(=O)CO3)CC1. The van der Waals surface area contributed by atoms with Crippen LogP contribution < -0.4 is 15.4 Å². The largest absolute Gasteiger partial charge is 0.482 e. The molecule has 2 aliphatic rings. The number of amides is 2. The van der Waals surface area contributed by atoms with Crippen LogP contribution in [-0.4, -0.2) is 75.3 Å². The van der Waals surface area contributed by atoms with Crippen molar-refractivity contribution >= 4 is 39.1 Å². The normalized spacial score (nSPS) is 17.8. The average Bonchev–Trinajstić information content (AvgIpc) is 2.66. The van der Waals surface area contributed by atoms with Crippen molar-refractivity contribution in [2.24, 2.45) is 0 Å². The Bertz CT molecular complexity index is 936. The van der Waals surface area contributed by atoms with Crippen LogP contribution in [0, 0.1) is 12.3 Å². The number of fused-ring (bicyclic) bond motifs is 1. The lowest BCUT2D eigenvalue weighted by Crippen LogP contribution is -2.51. The van der Waals surface area contributed by atoms with Crippen molar-refractivity contribution in [1.29, 1.82) is 0 Å². The predicted molar refractivity (Wildman–Crippen MR) is 103 cm³/mol. The summed E-state index contributed by atoms with van der Waals surface area (Å²) in [4.78, 5) is 24.9. The number of piperazine rings is 1. The van der Waals surface area contributed by atoms with Crippen LogP contribution in [-0.2, 0) is 19.6 Å². The molecule has 1 saturated heterocycles. The number of nitrogens with zero attached hydrogens (tertiary/aromatic N) is 2. The highest BCUT2D eigenvalue weighted by molar-refractivity contribution is 7.89. The zero-order valence-electron chi connectivity index (χ0n) is 14.9. The van der Waals surface area contributed by atoms with E-state index in [0.717, 1.165) is 0 Å². The Balaban J connectivity index is 1.69. The Morgan fingerprint density at radius 1 is 1.32 bits per heavy atom. The minimum absolute atomic E-state index is 0.000594. The van der Waals surface area contributed by atoms with Crippen molar-refractivity contribution in [3.8, 4) is 18.1 Å². The van der Waals surface area contributed by atoms with Gasteiger partial charge in [-0.15, -0.1) is 6.42 Å². The number of hydrogen-bond donors (Lipinski definition) is 2. The van der Waals surface area contributed by atoms with Crippen LogP contribution in [0.1, 0.15) is 0 Å². The molecule has 1 fully saturated rings. The number of ether oxygens (including phenoxy) is 1. The van der Waals surface area contributed by atoms with Gasteiger partial charge in [0.15, 0.2) is 6.61 Å². The van der Waals surface area contributed by atoms with Crippen molar-refractivity contribution in [3.05, 3.63) is 17.2 Å². The Kier molecular flexibility index (Phi) is 6.10. The number of rotatable bonds is 5. The maximum absolute atomic E-state index is 13.0. The van der Waals surface area contributed by atoms with Gasteiger partial charge in [0.2, 0.25) is 15.9 Å². The van der Waals surface area contributed by atoms with Crippen LogP contribution in [0.2, 0.25) is 5.02 Å². The molecule has 150 valence electrons. The van der Waals surface area contributed by atoms with E-state index in [4.69, 9.17) is 22.8 Å². The lowest BCUT2D eigenvalue weighted by Gasteiger charge is -2.33. The lowest BCUT2D eigenvalue weighted by atomic mass is 10.2. The number of halogens is 1. The van der Waals surface area contributed by atoms with Gasteiger partial charge in [0, 0.05) is 32.2 Å². The third-order valence-corrected chi connectivity index (χ3v) is 6.73. The quantitative estimate of drug-likeness (QED) is 0.627. The molecule has 0 radical (unpaired) electrons. The number of carbonyl (C=O) groups excluding carboxylic acids is 2. The summed E-state index contributed by atoms with van der Waals surface area (Å²) >= 11 is 6.17. The second-order valence-corrected chi connectivity index (χ2v) is 8.59. The Hall–Kier alpha value is -2.32. The van der Waals surface area contributed by atoms with Gasteiger partial charge in [-0.1, -0.05) is 17.5 Å². The summed E-state index contributed by atoms with van der Waals surface area (Å²) in [6, 6.07) is 2.69. The molecule has 9 nitrogen and oxygen atoms in total.